The van der Waals surface area contributed by atoms with Gasteiger partial charge in [-0.1, -0.05) is 30.3 Å². The number of hydrogen-bond donors (Lipinski definition) is 3. The molecule has 0 saturated carbocycles. The number of esters is 2. The van der Waals surface area contributed by atoms with Crippen LogP contribution in [0.3, 0.4) is 0 Å². The summed E-state index contributed by atoms with van der Waals surface area (Å²) in [6.45, 7) is 7.49. The van der Waals surface area contributed by atoms with Crippen molar-refractivity contribution in [3.63, 3.8) is 0 Å². The number of nitrogens with zero attached hydrogens (tertiary/aromatic N) is 1. The van der Waals surface area contributed by atoms with Gasteiger partial charge in [-0.15, -0.1) is 0 Å². The van der Waals surface area contributed by atoms with Crippen molar-refractivity contribution < 1.29 is 30.0 Å². The molecule has 0 radical (unpaired) electrons. The fourth-order valence-electron chi connectivity index (χ4n) is 4.71. The molecule has 1 aromatic rings. The van der Waals surface area contributed by atoms with Gasteiger partial charge in [0.05, 0.1) is 25.9 Å². The minimum absolute atomic E-state index is 0. The molecule has 0 aliphatic carbocycles. The van der Waals surface area contributed by atoms with Crippen molar-refractivity contribution in [1.29, 1.82) is 0 Å². The van der Waals surface area contributed by atoms with Crippen molar-refractivity contribution in [3.8, 4) is 0 Å². The van der Waals surface area contributed by atoms with E-state index in [9.17, 15) is 14.4 Å². The number of ether oxygens (including phenoxy) is 3. The van der Waals surface area contributed by atoms with E-state index in [2.05, 4.69) is 20.9 Å². The first-order valence-electron chi connectivity index (χ1n) is 14.0. The zero-order valence-corrected chi connectivity index (χ0v) is 22.6. The van der Waals surface area contributed by atoms with E-state index in [-0.39, 0.29) is 26.5 Å². The van der Waals surface area contributed by atoms with Crippen molar-refractivity contribution in [2.75, 3.05) is 59.2 Å². The van der Waals surface area contributed by atoms with E-state index in [0.717, 1.165) is 44.6 Å². The number of morpholine rings is 1. The van der Waals surface area contributed by atoms with E-state index >= 15 is 0 Å². The van der Waals surface area contributed by atoms with Crippen LogP contribution in [0.2, 0.25) is 0 Å². The number of carbonyl (C=O) groups is 3. The minimum atomic E-state index is -0.734. The molecule has 10 nitrogen and oxygen atoms in total. The average molecular weight is 535 g/mol. The molecule has 2 heterocycles. The molecule has 1 amide bonds. The van der Waals surface area contributed by atoms with Gasteiger partial charge in [-0.3, -0.25) is 19.8 Å². The Hall–Kier alpha value is -2.53. The summed E-state index contributed by atoms with van der Waals surface area (Å²) in [5, 5.41) is 9.55. The van der Waals surface area contributed by atoms with Gasteiger partial charge in [0, 0.05) is 21.1 Å². The highest BCUT2D eigenvalue weighted by Crippen LogP contribution is 2.11. The lowest BCUT2D eigenvalue weighted by Crippen LogP contribution is -2.54. The number of nitrogens with one attached hydrogen (secondary N) is 3. The van der Waals surface area contributed by atoms with Gasteiger partial charge in [0.2, 0.25) is 5.91 Å². The zero-order valence-electron chi connectivity index (χ0n) is 22.6. The first kappa shape index (κ1) is 30.0. The normalized spacial score (nSPS) is 22.5. The van der Waals surface area contributed by atoms with E-state index in [1.807, 2.05) is 30.3 Å². The molecule has 10 heteroatoms. The van der Waals surface area contributed by atoms with E-state index < -0.39 is 24.1 Å². The molecule has 0 unspecified atom stereocenters. The zero-order chi connectivity index (χ0) is 27.0. The minimum Gasteiger partial charge on any atom is -0.465 e. The monoisotopic (exact) mass is 534 g/mol. The van der Waals surface area contributed by atoms with Gasteiger partial charge in [-0.2, -0.15) is 0 Å². The fraction of sp³-hybridized carbons (Fsp3) is 0.679. The summed E-state index contributed by atoms with van der Waals surface area (Å²) in [6, 6.07) is 7.91. The summed E-state index contributed by atoms with van der Waals surface area (Å²) in [7, 11) is 0. The molecule has 0 aromatic heterocycles. The Kier molecular flexibility index (Phi) is 13.5. The van der Waals surface area contributed by atoms with Crippen LogP contribution in [-0.4, -0.2) is 100 Å². The van der Waals surface area contributed by atoms with Crippen LogP contribution < -0.4 is 16.0 Å². The van der Waals surface area contributed by atoms with Gasteiger partial charge in [0.25, 0.3) is 0 Å². The third-order valence-corrected chi connectivity index (χ3v) is 6.90. The molecule has 38 heavy (non-hydrogen) atoms. The van der Waals surface area contributed by atoms with Crippen LogP contribution in [0.4, 0.5) is 0 Å². The highest BCUT2D eigenvalue weighted by atomic mass is 16.5. The molecule has 2 saturated heterocycles. The lowest BCUT2D eigenvalue weighted by Gasteiger charge is -2.27. The van der Waals surface area contributed by atoms with Crippen molar-refractivity contribution in [2.45, 2.75) is 63.6 Å². The SMILES string of the molecule is CCOC(=O)[C@H](CCc1ccccc1)N[C@H]1CCCNCCC[C@@H](C(=O)OCCN2CCOCC2)NC1=O.[HH]. The van der Waals surface area contributed by atoms with Gasteiger partial charge >= 0.3 is 11.9 Å². The first-order chi connectivity index (χ1) is 18.6. The number of rotatable bonds is 11. The molecule has 3 rings (SSSR count). The molecule has 2 fully saturated rings. The lowest BCUT2D eigenvalue weighted by atomic mass is 10.0. The quantitative estimate of drug-likeness (QED) is 0.361. The average Bonchev–Trinajstić information content (AvgIpc) is 2.97. The first-order valence-corrected chi connectivity index (χ1v) is 14.0. The molecule has 214 valence electrons. The summed E-state index contributed by atoms with van der Waals surface area (Å²) in [5.41, 5.74) is 1.11. The summed E-state index contributed by atoms with van der Waals surface area (Å²) in [4.78, 5) is 41.3. The third-order valence-electron chi connectivity index (χ3n) is 6.90. The van der Waals surface area contributed by atoms with Gasteiger partial charge in [0.15, 0.2) is 0 Å². The Balaban J connectivity index is 0.00000533. The molecule has 0 bridgehead atoms. The molecule has 0 spiro atoms. The smallest absolute Gasteiger partial charge is 0.328 e. The van der Waals surface area contributed by atoms with Gasteiger partial charge < -0.3 is 24.8 Å². The Morgan fingerprint density at radius 2 is 1.87 bits per heavy atom. The molecular weight excluding hydrogens is 488 g/mol. The van der Waals surface area contributed by atoms with E-state index in [1.54, 1.807) is 6.92 Å². The second-order valence-corrected chi connectivity index (χ2v) is 9.77. The maximum absolute atomic E-state index is 13.4. The highest BCUT2D eigenvalue weighted by molar-refractivity contribution is 5.88. The van der Waals surface area contributed by atoms with Crippen LogP contribution in [0.15, 0.2) is 30.3 Å². The Morgan fingerprint density at radius 3 is 2.61 bits per heavy atom. The number of amides is 1. The van der Waals surface area contributed by atoms with Crippen LogP contribution in [0.1, 0.15) is 46.0 Å². The van der Waals surface area contributed by atoms with Crippen molar-refractivity contribution >= 4 is 17.8 Å². The molecule has 1 aromatic carbocycles. The van der Waals surface area contributed by atoms with E-state index in [0.29, 0.717) is 45.4 Å². The molecular formula is C28H46N4O6. The number of hydrogen-bond acceptors (Lipinski definition) is 9. The highest BCUT2D eigenvalue weighted by Gasteiger charge is 2.30. The Labute approximate surface area is 227 Å². The van der Waals surface area contributed by atoms with Gasteiger partial charge in [-0.25, -0.2) is 4.79 Å². The van der Waals surface area contributed by atoms with Crippen LogP contribution >= 0.6 is 0 Å². The van der Waals surface area contributed by atoms with Crippen LogP contribution in [0, 0.1) is 0 Å². The maximum Gasteiger partial charge on any atom is 0.328 e. The maximum atomic E-state index is 13.4. The lowest BCUT2D eigenvalue weighted by molar-refractivity contribution is -0.150. The Morgan fingerprint density at radius 1 is 1.13 bits per heavy atom. The standard InChI is InChI=1S/C28H44N4O6.H2/c1-2-37-27(34)25(13-12-22-8-4-3-5-9-22)30-23-10-6-14-29-15-7-11-24(31-26(23)33)28(35)38-21-18-32-16-19-36-20-17-32;/h3-5,8-9,23-25,29-30H,2,6-7,10-21H2,1H3,(H,31,33);1H/t23-,24-,25-;/m0./s1. The van der Waals surface area contributed by atoms with Crippen LogP contribution in [0.5, 0.6) is 0 Å². The van der Waals surface area contributed by atoms with Gasteiger partial charge in [-0.05, 0) is 64.1 Å². The number of carbonyl (C=O) groups excluding carboxylic acids is 3. The van der Waals surface area contributed by atoms with E-state index in [1.165, 1.54) is 0 Å². The van der Waals surface area contributed by atoms with Gasteiger partial charge in [0.1, 0.15) is 18.7 Å². The second kappa shape index (κ2) is 17.1. The predicted molar refractivity (Wildman–Crippen MR) is 146 cm³/mol. The van der Waals surface area contributed by atoms with E-state index in [4.69, 9.17) is 14.2 Å². The number of aryl methyl sites for hydroxylation is 1. The Bertz CT molecular complexity index is 856. The summed E-state index contributed by atoms with van der Waals surface area (Å²) in [5.74, 6) is -1.09. The largest absolute Gasteiger partial charge is 0.465 e. The van der Waals surface area contributed by atoms with Crippen LogP contribution in [-0.2, 0) is 35.0 Å². The summed E-state index contributed by atoms with van der Waals surface area (Å²) < 4.78 is 16.2. The third kappa shape index (κ3) is 10.7. The number of benzene rings is 1. The molecule has 3 N–H and O–H groups in total. The summed E-state index contributed by atoms with van der Waals surface area (Å²) >= 11 is 0. The van der Waals surface area contributed by atoms with Crippen LogP contribution in [0.25, 0.3) is 0 Å². The van der Waals surface area contributed by atoms with Crippen molar-refractivity contribution in [2.24, 2.45) is 0 Å². The molecule has 2 aliphatic rings. The topological polar surface area (TPSA) is 118 Å². The van der Waals surface area contributed by atoms with Crippen molar-refractivity contribution in [3.05, 3.63) is 35.9 Å². The van der Waals surface area contributed by atoms with Crippen molar-refractivity contribution in [1.82, 2.24) is 20.9 Å². The second-order valence-electron chi connectivity index (χ2n) is 9.77. The predicted octanol–water partition coefficient (Wildman–Crippen LogP) is 1.28. The molecule has 2 aliphatic heterocycles. The summed E-state index contributed by atoms with van der Waals surface area (Å²) in [6.07, 6.45) is 3.68. The molecule has 3 atom stereocenters. The fourth-order valence-corrected chi connectivity index (χ4v) is 4.71.